The molecule has 7 heteroatoms. The largest absolute Gasteiger partial charge is 0.506 e. The zero-order valence-corrected chi connectivity index (χ0v) is 14.6. The Balaban J connectivity index is 2.53. The Bertz CT molecular complexity index is 798. The molecule has 2 fully saturated rings. The molecule has 3 rings (SSSR count). The monoisotopic (exact) mass is 361 g/mol. The van der Waals surface area contributed by atoms with E-state index in [1.165, 1.54) is 0 Å². The summed E-state index contributed by atoms with van der Waals surface area (Å²) in [5.74, 6) is -2.80. The Morgan fingerprint density at radius 1 is 0.808 bits per heavy atom. The molecule has 0 atom stereocenters. The van der Waals surface area contributed by atoms with Crippen LogP contribution >= 0.6 is 0 Å². The molecule has 26 heavy (non-hydrogen) atoms. The standard InChI is InChI=1S/C19H23NO6/c21-17-13(11-7-3-1-4-8-11)14(12-9-5-2-6-10-12)18(22)16(20(25)26)15(17)19(23)24/h21-22H,1-10H2,(H,23,24). The summed E-state index contributed by atoms with van der Waals surface area (Å²) in [6, 6.07) is 0. The quantitative estimate of drug-likeness (QED) is 0.423. The minimum absolute atomic E-state index is 0.302. The lowest BCUT2D eigenvalue weighted by molar-refractivity contribution is -0.386. The van der Waals surface area contributed by atoms with Crippen LogP contribution in [0.2, 0.25) is 0 Å². The second kappa shape index (κ2) is 7.35. The number of phenolic OH excluding ortho intramolecular Hbond substituents is 1. The molecule has 7 nitrogen and oxygen atoms in total. The van der Waals surface area contributed by atoms with Crippen LogP contribution in [0, 0.1) is 10.1 Å². The first kappa shape index (κ1) is 18.2. The molecule has 0 saturated heterocycles. The minimum atomic E-state index is -1.61. The van der Waals surface area contributed by atoms with Gasteiger partial charge in [0.25, 0.3) is 0 Å². The molecule has 2 aliphatic rings. The number of nitro benzene ring substituents is 1. The highest BCUT2D eigenvalue weighted by molar-refractivity contribution is 5.97. The average Bonchev–Trinajstić information content (AvgIpc) is 2.63. The van der Waals surface area contributed by atoms with Gasteiger partial charge in [0.15, 0.2) is 5.56 Å². The highest BCUT2D eigenvalue weighted by atomic mass is 16.6. The van der Waals surface area contributed by atoms with Crippen molar-refractivity contribution >= 4 is 22.8 Å². The van der Waals surface area contributed by atoms with Crippen LogP contribution in [0.3, 0.4) is 0 Å². The van der Waals surface area contributed by atoms with Gasteiger partial charge in [-0.1, -0.05) is 24.0 Å². The van der Waals surface area contributed by atoms with Gasteiger partial charge in [0.1, 0.15) is 5.75 Å². The van der Waals surface area contributed by atoms with Gasteiger partial charge in [-0.25, -0.2) is 4.79 Å². The molecular formula is C19H23NO6. The average molecular weight is 361 g/mol. The first-order valence-corrected chi connectivity index (χ1v) is 9.13. The summed E-state index contributed by atoms with van der Waals surface area (Å²) in [7, 11) is 0. The number of hydrogen-bond donors (Lipinski definition) is 3. The van der Waals surface area contributed by atoms with E-state index in [1.807, 2.05) is 0 Å². The Hall–Kier alpha value is -2.57. The van der Waals surface area contributed by atoms with E-state index in [2.05, 4.69) is 0 Å². The molecule has 0 bridgehead atoms. The molecule has 1 aromatic rings. The van der Waals surface area contributed by atoms with E-state index in [4.69, 9.17) is 0 Å². The smallest absolute Gasteiger partial charge is 0.346 e. The van der Waals surface area contributed by atoms with Crippen molar-refractivity contribution in [3.05, 3.63) is 26.1 Å². The highest BCUT2D eigenvalue weighted by Gasteiger charge is 2.33. The van der Waals surface area contributed by atoms with E-state index < -0.39 is 33.6 Å². The first-order chi connectivity index (χ1) is 12.4. The van der Waals surface area contributed by atoms with Crippen LogP contribution in [0.25, 0.3) is 11.1 Å². The predicted molar refractivity (Wildman–Crippen MR) is 95.6 cm³/mol. The second-order valence-corrected chi connectivity index (χ2v) is 7.06. The van der Waals surface area contributed by atoms with Gasteiger partial charge in [0.05, 0.1) is 4.92 Å². The van der Waals surface area contributed by atoms with E-state index in [9.17, 15) is 30.2 Å². The number of carboxylic acid groups (broad SMARTS) is 1. The number of carbonyl (C=O) groups is 1. The van der Waals surface area contributed by atoms with Crippen molar-refractivity contribution in [2.75, 3.05) is 0 Å². The van der Waals surface area contributed by atoms with E-state index in [-0.39, 0.29) is 0 Å². The van der Waals surface area contributed by atoms with Gasteiger partial charge >= 0.3 is 11.7 Å². The molecule has 1 aromatic carbocycles. The Morgan fingerprint density at radius 3 is 1.62 bits per heavy atom. The predicted octanol–water partition coefficient (Wildman–Crippen LogP) is 2.93. The minimum Gasteiger partial charge on any atom is -0.506 e. The SMILES string of the molecule is O=C(O)c1c([N+](=O)[O-])c(O)c(=C2CCCCC2)c(=C2CCCCC2)c1O. The van der Waals surface area contributed by atoms with Gasteiger partial charge in [-0.3, -0.25) is 10.1 Å². The van der Waals surface area contributed by atoms with Gasteiger partial charge in [0.2, 0.25) is 5.75 Å². The lowest BCUT2D eigenvalue weighted by Gasteiger charge is -2.19. The van der Waals surface area contributed by atoms with Crippen molar-refractivity contribution < 1.29 is 25.0 Å². The molecule has 0 aromatic heterocycles. The second-order valence-electron chi connectivity index (χ2n) is 7.06. The lowest BCUT2D eigenvalue weighted by atomic mass is 9.87. The summed E-state index contributed by atoms with van der Waals surface area (Å²) in [4.78, 5) is 22.2. The van der Waals surface area contributed by atoms with E-state index in [0.717, 1.165) is 49.7 Å². The maximum atomic E-state index is 11.6. The van der Waals surface area contributed by atoms with Crippen molar-refractivity contribution in [2.45, 2.75) is 64.2 Å². The summed E-state index contributed by atoms with van der Waals surface area (Å²) >= 11 is 0. The van der Waals surface area contributed by atoms with Crippen LogP contribution < -0.4 is 10.4 Å². The molecule has 0 amide bonds. The van der Waals surface area contributed by atoms with Crippen LogP contribution in [0.4, 0.5) is 5.69 Å². The van der Waals surface area contributed by atoms with E-state index in [0.29, 0.717) is 36.1 Å². The molecule has 0 unspecified atom stereocenters. The summed E-state index contributed by atoms with van der Waals surface area (Å²) in [5, 5.41) is 43.0. The molecular weight excluding hydrogens is 338 g/mol. The molecule has 2 aliphatic carbocycles. The zero-order valence-electron chi connectivity index (χ0n) is 14.6. The Morgan fingerprint density at radius 2 is 1.23 bits per heavy atom. The molecule has 0 spiro atoms. The number of benzene rings is 1. The highest BCUT2D eigenvalue weighted by Crippen LogP contribution is 2.34. The molecule has 0 aliphatic heterocycles. The van der Waals surface area contributed by atoms with Gasteiger partial charge < -0.3 is 15.3 Å². The van der Waals surface area contributed by atoms with E-state index in [1.54, 1.807) is 0 Å². The number of hydrogen-bond acceptors (Lipinski definition) is 5. The van der Waals surface area contributed by atoms with Crippen molar-refractivity contribution in [2.24, 2.45) is 0 Å². The van der Waals surface area contributed by atoms with Crippen LogP contribution in [0.15, 0.2) is 0 Å². The van der Waals surface area contributed by atoms with Crippen molar-refractivity contribution in [1.82, 2.24) is 0 Å². The van der Waals surface area contributed by atoms with Gasteiger partial charge in [-0.15, -0.1) is 0 Å². The first-order valence-electron chi connectivity index (χ1n) is 9.13. The lowest BCUT2D eigenvalue weighted by Crippen LogP contribution is -2.34. The maximum absolute atomic E-state index is 11.6. The summed E-state index contributed by atoms with van der Waals surface area (Å²) < 4.78 is 0. The maximum Gasteiger partial charge on any atom is 0.346 e. The van der Waals surface area contributed by atoms with Gasteiger partial charge in [0, 0.05) is 10.4 Å². The van der Waals surface area contributed by atoms with Crippen molar-refractivity contribution in [3.63, 3.8) is 0 Å². The van der Waals surface area contributed by atoms with E-state index >= 15 is 0 Å². The fourth-order valence-electron chi connectivity index (χ4n) is 4.24. The fourth-order valence-corrected chi connectivity index (χ4v) is 4.24. The topological polar surface area (TPSA) is 121 Å². The number of nitro groups is 1. The van der Waals surface area contributed by atoms with Crippen LogP contribution in [-0.2, 0) is 0 Å². The van der Waals surface area contributed by atoms with Crippen molar-refractivity contribution in [1.29, 1.82) is 0 Å². The molecule has 3 N–H and O–H groups in total. The zero-order chi connectivity index (χ0) is 18.8. The summed E-state index contributed by atoms with van der Waals surface area (Å²) in [5.41, 5.74) is 0.0237. The number of phenols is 2. The Kier molecular flexibility index (Phi) is 5.15. The van der Waals surface area contributed by atoms with Gasteiger partial charge in [-0.05, 0) is 51.4 Å². The number of aromatic hydroxyl groups is 2. The fraction of sp³-hybridized carbons (Fsp3) is 0.526. The summed E-state index contributed by atoms with van der Waals surface area (Å²) in [6.07, 6.45) is 8.56. The third-order valence-corrected chi connectivity index (χ3v) is 5.44. The van der Waals surface area contributed by atoms with Gasteiger partial charge in [-0.2, -0.15) is 0 Å². The molecule has 0 radical (unpaired) electrons. The number of nitrogens with zero attached hydrogens (tertiary/aromatic N) is 1. The van der Waals surface area contributed by atoms with Crippen LogP contribution in [-0.4, -0.2) is 26.2 Å². The normalized spacial score (nSPS) is 18.0. The third kappa shape index (κ3) is 3.13. The molecule has 140 valence electrons. The number of aromatic carboxylic acids is 1. The number of carboxylic acids is 1. The Labute approximate surface area is 150 Å². The molecule has 0 heterocycles. The summed E-state index contributed by atoms with van der Waals surface area (Å²) in [6.45, 7) is 0. The van der Waals surface area contributed by atoms with Crippen LogP contribution in [0.1, 0.15) is 74.6 Å². The third-order valence-electron chi connectivity index (χ3n) is 5.44. The van der Waals surface area contributed by atoms with Crippen LogP contribution in [0.5, 0.6) is 11.5 Å². The van der Waals surface area contributed by atoms with Crippen molar-refractivity contribution in [3.8, 4) is 11.5 Å². The molecule has 2 saturated carbocycles. The number of rotatable bonds is 2.